The third-order valence-electron chi connectivity index (χ3n) is 4.92. The van der Waals surface area contributed by atoms with Crippen molar-refractivity contribution in [3.05, 3.63) is 91.2 Å². The Kier molecular flexibility index (Phi) is 6.62. The summed E-state index contributed by atoms with van der Waals surface area (Å²) in [6.45, 7) is 2.07. The lowest BCUT2D eigenvalue weighted by atomic mass is 10.2. The standard InChI is InChI=1S/C23H19ClFN3O4S/c1-2-32-16-6-3-14(4-7-16)12-28-22(30)21-19(9-10-33-21)27(23(28)31)13-20(29)26-18-11-15(25)5-8-17(18)24/h3-11H,2,12-13H2,1H3,(H,26,29). The van der Waals surface area contributed by atoms with Crippen molar-refractivity contribution in [1.29, 1.82) is 0 Å². The van der Waals surface area contributed by atoms with Gasteiger partial charge >= 0.3 is 5.69 Å². The highest BCUT2D eigenvalue weighted by Gasteiger charge is 2.17. The van der Waals surface area contributed by atoms with Crippen LogP contribution in [0.1, 0.15) is 12.5 Å². The fourth-order valence-electron chi connectivity index (χ4n) is 3.39. The van der Waals surface area contributed by atoms with Crippen LogP contribution in [0, 0.1) is 5.82 Å². The molecule has 0 aliphatic carbocycles. The van der Waals surface area contributed by atoms with Crippen LogP contribution >= 0.6 is 22.9 Å². The lowest BCUT2D eigenvalue weighted by Gasteiger charge is -2.13. The number of rotatable bonds is 7. The predicted octanol–water partition coefficient (Wildman–Crippen LogP) is 4.10. The number of halogens is 2. The van der Waals surface area contributed by atoms with Gasteiger partial charge < -0.3 is 10.1 Å². The number of hydrogen-bond donors (Lipinski definition) is 1. The first-order chi connectivity index (χ1) is 15.9. The first-order valence-corrected chi connectivity index (χ1v) is 11.3. The zero-order valence-electron chi connectivity index (χ0n) is 17.5. The Bertz CT molecular complexity index is 1440. The van der Waals surface area contributed by atoms with E-state index in [-0.39, 0.29) is 23.8 Å². The van der Waals surface area contributed by atoms with Crippen molar-refractivity contribution < 1.29 is 13.9 Å². The SMILES string of the molecule is CCOc1ccc(Cn2c(=O)c3sccc3n(CC(=O)Nc3cc(F)ccc3Cl)c2=O)cc1. The molecule has 4 rings (SSSR count). The van der Waals surface area contributed by atoms with Gasteiger partial charge in [-0.05, 0) is 54.3 Å². The number of nitrogens with one attached hydrogen (secondary N) is 1. The van der Waals surface area contributed by atoms with E-state index in [0.29, 0.717) is 22.6 Å². The highest BCUT2D eigenvalue weighted by molar-refractivity contribution is 7.17. The molecule has 0 bridgehead atoms. The zero-order chi connectivity index (χ0) is 23.5. The Morgan fingerprint density at radius 3 is 2.61 bits per heavy atom. The third kappa shape index (κ3) is 4.84. The van der Waals surface area contributed by atoms with Crippen molar-refractivity contribution in [3.8, 4) is 5.75 Å². The van der Waals surface area contributed by atoms with Crippen molar-refractivity contribution in [2.24, 2.45) is 0 Å². The highest BCUT2D eigenvalue weighted by atomic mass is 35.5. The summed E-state index contributed by atoms with van der Waals surface area (Å²) in [5.41, 5.74) is 0.137. The van der Waals surface area contributed by atoms with Crippen molar-refractivity contribution >= 4 is 44.7 Å². The van der Waals surface area contributed by atoms with E-state index < -0.39 is 23.0 Å². The van der Waals surface area contributed by atoms with Gasteiger partial charge in [0.25, 0.3) is 5.56 Å². The Morgan fingerprint density at radius 1 is 1.12 bits per heavy atom. The number of ether oxygens (including phenoxy) is 1. The molecule has 0 spiro atoms. The minimum atomic E-state index is -0.625. The zero-order valence-corrected chi connectivity index (χ0v) is 19.1. The van der Waals surface area contributed by atoms with Crippen LogP contribution in [0.5, 0.6) is 5.75 Å². The molecule has 0 unspecified atom stereocenters. The lowest BCUT2D eigenvalue weighted by molar-refractivity contribution is -0.116. The van der Waals surface area contributed by atoms with E-state index in [1.54, 1.807) is 35.7 Å². The van der Waals surface area contributed by atoms with Crippen LogP contribution in [0.25, 0.3) is 10.2 Å². The molecule has 33 heavy (non-hydrogen) atoms. The molecule has 0 saturated heterocycles. The molecule has 0 aliphatic rings. The average molecular weight is 488 g/mol. The topological polar surface area (TPSA) is 82.3 Å². The van der Waals surface area contributed by atoms with Crippen molar-refractivity contribution in [2.75, 3.05) is 11.9 Å². The largest absolute Gasteiger partial charge is 0.494 e. The number of benzene rings is 2. The van der Waals surface area contributed by atoms with Crippen molar-refractivity contribution in [3.63, 3.8) is 0 Å². The second-order valence-corrected chi connectivity index (χ2v) is 8.47. The van der Waals surface area contributed by atoms with E-state index >= 15 is 0 Å². The van der Waals surface area contributed by atoms with Gasteiger partial charge in [-0.15, -0.1) is 11.3 Å². The summed E-state index contributed by atoms with van der Waals surface area (Å²) in [4.78, 5) is 38.9. The smallest absolute Gasteiger partial charge is 0.332 e. The summed E-state index contributed by atoms with van der Waals surface area (Å²) in [7, 11) is 0. The monoisotopic (exact) mass is 487 g/mol. The number of fused-ring (bicyclic) bond motifs is 1. The van der Waals surface area contributed by atoms with Crippen LogP contribution in [0.2, 0.25) is 5.02 Å². The van der Waals surface area contributed by atoms with Crippen molar-refractivity contribution in [1.82, 2.24) is 9.13 Å². The Labute approximate surface area is 196 Å². The van der Waals surface area contributed by atoms with E-state index in [9.17, 15) is 18.8 Å². The van der Waals surface area contributed by atoms with Crippen LogP contribution in [0.4, 0.5) is 10.1 Å². The Morgan fingerprint density at radius 2 is 1.88 bits per heavy atom. The maximum absolute atomic E-state index is 13.5. The summed E-state index contributed by atoms with van der Waals surface area (Å²) in [6.07, 6.45) is 0. The number of amides is 1. The molecule has 0 aliphatic heterocycles. The van der Waals surface area contributed by atoms with E-state index in [1.807, 2.05) is 6.92 Å². The maximum Gasteiger partial charge on any atom is 0.332 e. The van der Waals surface area contributed by atoms with Gasteiger partial charge in [-0.3, -0.25) is 18.7 Å². The number of hydrogen-bond acceptors (Lipinski definition) is 5. The molecule has 2 aromatic carbocycles. The molecule has 2 aromatic heterocycles. The third-order valence-corrected chi connectivity index (χ3v) is 6.14. The van der Waals surface area contributed by atoms with E-state index in [2.05, 4.69) is 5.32 Å². The first kappa shape index (κ1) is 22.8. The maximum atomic E-state index is 13.5. The molecule has 4 aromatic rings. The fraction of sp³-hybridized carbons (Fsp3) is 0.174. The molecule has 1 amide bonds. The van der Waals surface area contributed by atoms with E-state index in [4.69, 9.17) is 16.3 Å². The summed E-state index contributed by atoms with van der Waals surface area (Å²) in [5.74, 6) is -0.452. The average Bonchev–Trinajstić information content (AvgIpc) is 3.28. The van der Waals surface area contributed by atoms with Crippen LogP contribution < -0.4 is 21.3 Å². The number of thiophene rings is 1. The quantitative estimate of drug-likeness (QED) is 0.425. The Hall–Kier alpha value is -3.43. The molecular formula is C23H19ClFN3O4S. The Balaban J connectivity index is 1.68. The van der Waals surface area contributed by atoms with Crippen LogP contribution in [0.3, 0.4) is 0 Å². The molecule has 0 saturated carbocycles. The molecule has 7 nitrogen and oxygen atoms in total. The summed E-state index contributed by atoms with van der Waals surface area (Å²) >= 11 is 7.21. The highest BCUT2D eigenvalue weighted by Crippen LogP contribution is 2.23. The molecule has 0 radical (unpaired) electrons. The number of anilines is 1. The predicted molar refractivity (Wildman–Crippen MR) is 127 cm³/mol. The fourth-order valence-corrected chi connectivity index (χ4v) is 4.40. The molecule has 0 fully saturated rings. The van der Waals surface area contributed by atoms with Gasteiger partial charge in [0.15, 0.2) is 0 Å². The van der Waals surface area contributed by atoms with E-state index in [1.165, 1.54) is 28.0 Å². The van der Waals surface area contributed by atoms with Gasteiger partial charge in [-0.25, -0.2) is 9.18 Å². The first-order valence-electron chi connectivity index (χ1n) is 10.0. The van der Waals surface area contributed by atoms with E-state index in [0.717, 1.165) is 16.2 Å². The summed E-state index contributed by atoms with van der Waals surface area (Å²) in [5, 5.41) is 4.37. The molecule has 1 N–H and O–H groups in total. The van der Waals surface area contributed by atoms with Gasteiger partial charge in [0.05, 0.1) is 29.4 Å². The normalized spacial score (nSPS) is 11.0. The summed E-state index contributed by atoms with van der Waals surface area (Å²) in [6, 6.07) is 12.3. The van der Waals surface area contributed by atoms with Crippen molar-refractivity contribution in [2.45, 2.75) is 20.0 Å². The number of carbonyl (C=O) groups excluding carboxylic acids is 1. The molecular weight excluding hydrogens is 469 g/mol. The van der Waals surface area contributed by atoms with Crippen LogP contribution in [-0.2, 0) is 17.9 Å². The summed E-state index contributed by atoms with van der Waals surface area (Å²) < 4.78 is 21.6. The number of aromatic nitrogens is 2. The molecule has 2 heterocycles. The lowest BCUT2D eigenvalue weighted by Crippen LogP contribution is -2.41. The van der Waals surface area contributed by atoms with Gasteiger partial charge in [0.1, 0.15) is 22.8 Å². The molecule has 10 heteroatoms. The van der Waals surface area contributed by atoms with Gasteiger partial charge in [0.2, 0.25) is 5.91 Å². The minimum Gasteiger partial charge on any atom is -0.494 e. The van der Waals surface area contributed by atoms with Gasteiger partial charge in [-0.2, -0.15) is 0 Å². The van der Waals surface area contributed by atoms with Gasteiger partial charge in [0, 0.05) is 0 Å². The molecule has 170 valence electrons. The molecule has 0 atom stereocenters. The van der Waals surface area contributed by atoms with Crippen LogP contribution in [-0.4, -0.2) is 21.6 Å². The second-order valence-electron chi connectivity index (χ2n) is 7.14. The van der Waals surface area contributed by atoms with Gasteiger partial charge in [-0.1, -0.05) is 23.7 Å². The number of carbonyl (C=O) groups is 1. The minimum absolute atomic E-state index is 0.0370. The second kappa shape index (κ2) is 9.60. The van der Waals surface area contributed by atoms with Crippen LogP contribution in [0.15, 0.2) is 63.5 Å². The number of nitrogens with zero attached hydrogens (tertiary/aromatic N) is 2.